The van der Waals surface area contributed by atoms with E-state index in [4.69, 9.17) is 5.10 Å². The van der Waals surface area contributed by atoms with E-state index in [0.717, 1.165) is 40.6 Å². The lowest BCUT2D eigenvalue weighted by Gasteiger charge is -2.22. The van der Waals surface area contributed by atoms with Gasteiger partial charge in [-0.1, -0.05) is 18.2 Å². The minimum atomic E-state index is 0. The van der Waals surface area contributed by atoms with Gasteiger partial charge in [0.2, 0.25) is 5.91 Å². The molecule has 1 aliphatic heterocycles. The van der Waals surface area contributed by atoms with E-state index in [0.29, 0.717) is 13.0 Å². The predicted octanol–water partition coefficient (Wildman–Crippen LogP) is 3.49. The van der Waals surface area contributed by atoms with Crippen molar-refractivity contribution in [3.8, 4) is 16.9 Å². The number of pyridine rings is 1. The maximum atomic E-state index is 12.4. The highest BCUT2D eigenvalue weighted by Gasteiger charge is 2.18. The van der Waals surface area contributed by atoms with Crippen LogP contribution in [0, 0.1) is 0 Å². The number of thioether (sulfide) groups is 1. The first-order valence-electron chi connectivity index (χ1n) is 9.42. The van der Waals surface area contributed by atoms with E-state index in [-0.39, 0.29) is 36.8 Å². The molecule has 3 aromatic rings. The van der Waals surface area contributed by atoms with Crippen molar-refractivity contribution in [2.75, 3.05) is 18.1 Å². The largest absolute Gasteiger partial charge is 0.352 e. The van der Waals surface area contributed by atoms with Crippen LogP contribution < -0.4 is 10.6 Å². The van der Waals surface area contributed by atoms with Gasteiger partial charge >= 0.3 is 0 Å². The summed E-state index contributed by atoms with van der Waals surface area (Å²) in [6.07, 6.45) is 6.00. The summed E-state index contributed by atoms with van der Waals surface area (Å²) in [6.45, 7) is 1.42. The SMILES string of the molecule is Cl.Cl.O=C(CC1CSCCN1)NCc1cn(-c2ccccc2)nc1-c1ccncc1. The zero-order valence-corrected chi connectivity index (χ0v) is 18.8. The summed E-state index contributed by atoms with van der Waals surface area (Å²) in [5.41, 5.74) is 3.81. The molecule has 30 heavy (non-hydrogen) atoms. The highest BCUT2D eigenvalue weighted by atomic mass is 35.5. The molecule has 0 bridgehead atoms. The Morgan fingerprint density at radius 2 is 1.93 bits per heavy atom. The summed E-state index contributed by atoms with van der Waals surface area (Å²) in [7, 11) is 0. The minimum Gasteiger partial charge on any atom is -0.352 e. The van der Waals surface area contributed by atoms with Crippen LogP contribution in [-0.4, -0.2) is 44.8 Å². The number of carbonyl (C=O) groups is 1. The van der Waals surface area contributed by atoms with Crippen molar-refractivity contribution >= 4 is 42.5 Å². The number of rotatable bonds is 6. The maximum Gasteiger partial charge on any atom is 0.221 e. The molecule has 6 nitrogen and oxygen atoms in total. The van der Waals surface area contributed by atoms with Crippen molar-refractivity contribution in [1.29, 1.82) is 0 Å². The third-order valence-corrected chi connectivity index (χ3v) is 5.80. The van der Waals surface area contributed by atoms with Gasteiger partial charge in [-0.2, -0.15) is 16.9 Å². The normalized spacial score (nSPS) is 15.5. The second-order valence-corrected chi connectivity index (χ2v) is 7.88. The topological polar surface area (TPSA) is 71.8 Å². The zero-order chi connectivity index (χ0) is 19.2. The second-order valence-electron chi connectivity index (χ2n) is 6.73. The van der Waals surface area contributed by atoms with E-state index >= 15 is 0 Å². The average Bonchev–Trinajstić information content (AvgIpc) is 3.19. The van der Waals surface area contributed by atoms with Crippen LogP contribution in [-0.2, 0) is 11.3 Å². The molecule has 1 saturated heterocycles. The van der Waals surface area contributed by atoms with Crippen LogP contribution in [0.4, 0.5) is 0 Å². The van der Waals surface area contributed by atoms with E-state index in [1.807, 2.05) is 65.1 Å². The molecule has 2 N–H and O–H groups in total. The number of carbonyl (C=O) groups excluding carboxylic acids is 1. The Kier molecular flexibility index (Phi) is 9.65. The fourth-order valence-electron chi connectivity index (χ4n) is 3.25. The number of para-hydroxylation sites is 1. The van der Waals surface area contributed by atoms with Gasteiger partial charge in [0.25, 0.3) is 0 Å². The summed E-state index contributed by atoms with van der Waals surface area (Å²) in [6, 6.07) is 14.1. The van der Waals surface area contributed by atoms with Crippen LogP contribution in [0.2, 0.25) is 0 Å². The fourth-order valence-corrected chi connectivity index (χ4v) is 4.19. The molecule has 0 radical (unpaired) electrons. The van der Waals surface area contributed by atoms with Gasteiger partial charge in [-0.15, -0.1) is 24.8 Å². The van der Waals surface area contributed by atoms with Gasteiger partial charge in [-0.25, -0.2) is 4.68 Å². The lowest BCUT2D eigenvalue weighted by atomic mass is 10.1. The van der Waals surface area contributed by atoms with Gasteiger partial charge in [0.15, 0.2) is 0 Å². The van der Waals surface area contributed by atoms with E-state index in [1.165, 1.54) is 0 Å². The highest BCUT2D eigenvalue weighted by molar-refractivity contribution is 7.99. The molecule has 1 amide bonds. The standard InChI is InChI=1S/C21H23N5OS.2ClH/c27-20(12-18-15-28-11-10-23-18)24-13-17-14-26(19-4-2-1-3-5-19)25-21(17)16-6-8-22-9-7-16;;/h1-9,14,18,23H,10-13,15H2,(H,24,27);2*1H. The lowest BCUT2D eigenvalue weighted by molar-refractivity contribution is -0.121. The van der Waals surface area contributed by atoms with E-state index in [2.05, 4.69) is 15.6 Å². The number of hydrogen-bond acceptors (Lipinski definition) is 5. The number of hydrogen-bond donors (Lipinski definition) is 2. The van der Waals surface area contributed by atoms with Crippen molar-refractivity contribution in [3.63, 3.8) is 0 Å². The molecule has 160 valence electrons. The number of nitrogens with zero attached hydrogens (tertiary/aromatic N) is 3. The minimum absolute atomic E-state index is 0. The number of amides is 1. The van der Waals surface area contributed by atoms with Gasteiger partial charge < -0.3 is 10.6 Å². The van der Waals surface area contributed by atoms with Crippen LogP contribution in [0.25, 0.3) is 16.9 Å². The molecule has 4 rings (SSSR count). The molecule has 3 heterocycles. The Balaban J connectivity index is 0.00000160. The molecular weight excluding hydrogens is 441 g/mol. The lowest BCUT2D eigenvalue weighted by Crippen LogP contribution is -2.41. The smallest absolute Gasteiger partial charge is 0.221 e. The summed E-state index contributed by atoms with van der Waals surface area (Å²) in [5, 5.41) is 11.2. The van der Waals surface area contributed by atoms with Crippen molar-refractivity contribution in [3.05, 3.63) is 66.6 Å². The fraction of sp³-hybridized carbons (Fsp3) is 0.286. The third kappa shape index (κ3) is 6.22. The molecule has 1 fully saturated rings. The monoisotopic (exact) mass is 465 g/mol. The highest BCUT2D eigenvalue weighted by Crippen LogP contribution is 2.23. The Morgan fingerprint density at radius 1 is 1.17 bits per heavy atom. The molecule has 1 unspecified atom stereocenters. The van der Waals surface area contributed by atoms with Crippen LogP contribution in [0.15, 0.2) is 61.1 Å². The van der Waals surface area contributed by atoms with Crippen LogP contribution >= 0.6 is 36.6 Å². The average molecular weight is 466 g/mol. The number of benzene rings is 1. The molecule has 2 aromatic heterocycles. The second kappa shape index (κ2) is 12.0. The molecular formula is C21H25Cl2N5OS. The predicted molar refractivity (Wildman–Crippen MR) is 127 cm³/mol. The van der Waals surface area contributed by atoms with E-state index < -0.39 is 0 Å². The number of halogens is 2. The number of nitrogens with one attached hydrogen (secondary N) is 2. The Hall–Kier alpha value is -2.06. The zero-order valence-electron chi connectivity index (χ0n) is 16.4. The van der Waals surface area contributed by atoms with Gasteiger partial charge in [-0.05, 0) is 24.3 Å². The summed E-state index contributed by atoms with van der Waals surface area (Å²) < 4.78 is 1.86. The first kappa shape index (κ1) is 24.2. The quantitative estimate of drug-likeness (QED) is 0.582. The van der Waals surface area contributed by atoms with Crippen molar-refractivity contribution in [2.45, 2.75) is 19.0 Å². The van der Waals surface area contributed by atoms with E-state index in [1.54, 1.807) is 12.4 Å². The molecule has 1 atom stereocenters. The van der Waals surface area contributed by atoms with Crippen molar-refractivity contribution in [1.82, 2.24) is 25.4 Å². The Bertz CT molecular complexity index is 918. The summed E-state index contributed by atoms with van der Waals surface area (Å²) in [4.78, 5) is 16.5. The third-order valence-electron chi connectivity index (χ3n) is 4.67. The summed E-state index contributed by atoms with van der Waals surface area (Å²) >= 11 is 1.90. The first-order valence-corrected chi connectivity index (χ1v) is 10.6. The molecule has 1 aliphatic rings. The maximum absolute atomic E-state index is 12.4. The Morgan fingerprint density at radius 3 is 2.63 bits per heavy atom. The Labute approximate surface area is 193 Å². The van der Waals surface area contributed by atoms with Crippen LogP contribution in [0.1, 0.15) is 12.0 Å². The van der Waals surface area contributed by atoms with Gasteiger partial charge in [0, 0.05) is 66.8 Å². The molecule has 0 aliphatic carbocycles. The molecule has 0 spiro atoms. The molecule has 9 heteroatoms. The van der Waals surface area contributed by atoms with Crippen molar-refractivity contribution in [2.24, 2.45) is 0 Å². The summed E-state index contributed by atoms with van der Waals surface area (Å²) in [5.74, 6) is 2.17. The first-order chi connectivity index (χ1) is 13.8. The van der Waals surface area contributed by atoms with Crippen LogP contribution in [0.3, 0.4) is 0 Å². The van der Waals surface area contributed by atoms with E-state index in [9.17, 15) is 4.79 Å². The van der Waals surface area contributed by atoms with Gasteiger partial charge in [0.1, 0.15) is 0 Å². The van der Waals surface area contributed by atoms with Gasteiger partial charge in [-0.3, -0.25) is 9.78 Å². The van der Waals surface area contributed by atoms with Gasteiger partial charge in [0.05, 0.1) is 11.4 Å². The molecule has 0 saturated carbocycles. The number of aromatic nitrogens is 3. The van der Waals surface area contributed by atoms with Crippen LogP contribution in [0.5, 0.6) is 0 Å². The molecule has 1 aromatic carbocycles. The van der Waals surface area contributed by atoms with Crippen molar-refractivity contribution < 1.29 is 4.79 Å².